The Morgan fingerprint density at radius 2 is 0.591 bits per heavy atom. The first-order valence-corrected chi connectivity index (χ1v) is 27.2. The van der Waals surface area contributed by atoms with Crippen molar-refractivity contribution < 1.29 is 28.6 Å². The summed E-state index contributed by atoms with van der Waals surface area (Å²) in [5, 5.41) is 0. The van der Waals surface area contributed by atoms with Crippen molar-refractivity contribution in [3.05, 3.63) is 97.2 Å². The van der Waals surface area contributed by atoms with Crippen molar-refractivity contribution in [1.29, 1.82) is 0 Å². The predicted octanol–water partition coefficient (Wildman–Crippen LogP) is 18.1. The summed E-state index contributed by atoms with van der Waals surface area (Å²) >= 11 is 0. The number of ether oxygens (including phenoxy) is 3. The van der Waals surface area contributed by atoms with Crippen LogP contribution < -0.4 is 0 Å². The van der Waals surface area contributed by atoms with Crippen LogP contribution in [0, 0.1) is 0 Å². The number of unbranched alkanes of at least 4 members (excludes halogenated alkanes) is 21. The van der Waals surface area contributed by atoms with Crippen molar-refractivity contribution in [3.8, 4) is 0 Å². The third-order valence-corrected chi connectivity index (χ3v) is 11.3. The van der Waals surface area contributed by atoms with Crippen LogP contribution in [0.25, 0.3) is 0 Å². The lowest BCUT2D eigenvalue weighted by Gasteiger charge is -2.18. The normalized spacial score (nSPS) is 12.8. The maximum atomic E-state index is 12.8. The van der Waals surface area contributed by atoms with E-state index in [1.54, 1.807) is 0 Å². The number of rotatable bonds is 48. The molecule has 0 saturated carbocycles. The van der Waals surface area contributed by atoms with Crippen LogP contribution in [0.4, 0.5) is 0 Å². The first-order chi connectivity index (χ1) is 32.5. The van der Waals surface area contributed by atoms with Crippen LogP contribution in [0.3, 0.4) is 0 Å². The van der Waals surface area contributed by atoms with E-state index in [1.165, 1.54) is 70.6 Å². The lowest BCUT2D eigenvalue weighted by Crippen LogP contribution is -2.30. The summed E-state index contributed by atoms with van der Waals surface area (Å²) in [7, 11) is 0. The number of allylic oxidation sites excluding steroid dienone is 16. The fourth-order valence-corrected chi connectivity index (χ4v) is 7.31. The Bertz CT molecular complexity index is 1330. The largest absolute Gasteiger partial charge is 0.462 e. The SMILES string of the molecule is CC/C=C\C/C=C\C/C=C\C/C=C\C/C=C\CCCCCCCC(=O)OCC(COC(=O)CCCCCCCCCCCC)OC(=O)CCCCCCCCC/C=C\C/C=C\C/C=C\CC. The predicted molar refractivity (Wildman–Crippen MR) is 284 cm³/mol. The highest BCUT2D eigenvalue weighted by atomic mass is 16.6. The smallest absolute Gasteiger partial charge is 0.306 e. The number of esters is 3. The molecule has 1 atom stereocenters. The third kappa shape index (κ3) is 51.3. The van der Waals surface area contributed by atoms with Crippen LogP contribution in [0.2, 0.25) is 0 Å². The zero-order valence-corrected chi connectivity index (χ0v) is 42.9. The highest BCUT2D eigenvalue weighted by Gasteiger charge is 2.19. The van der Waals surface area contributed by atoms with Gasteiger partial charge in [0.15, 0.2) is 6.10 Å². The van der Waals surface area contributed by atoms with Crippen LogP contribution >= 0.6 is 0 Å². The van der Waals surface area contributed by atoms with Crippen molar-refractivity contribution in [3.63, 3.8) is 0 Å². The van der Waals surface area contributed by atoms with E-state index < -0.39 is 6.10 Å². The van der Waals surface area contributed by atoms with Crippen molar-refractivity contribution in [2.45, 2.75) is 252 Å². The zero-order valence-electron chi connectivity index (χ0n) is 42.9. The molecule has 0 aromatic rings. The molecule has 0 aliphatic rings. The highest BCUT2D eigenvalue weighted by molar-refractivity contribution is 5.71. The van der Waals surface area contributed by atoms with Gasteiger partial charge in [-0.25, -0.2) is 0 Å². The summed E-state index contributed by atoms with van der Waals surface area (Å²) in [6.45, 7) is 6.38. The summed E-state index contributed by atoms with van der Waals surface area (Å²) < 4.78 is 16.8. The number of hydrogen-bond donors (Lipinski definition) is 0. The molecule has 0 radical (unpaired) electrons. The van der Waals surface area contributed by atoms with Gasteiger partial charge in [0.2, 0.25) is 0 Å². The van der Waals surface area contributed by atoms with Gasteiger partial charge in [0.1, 0.15) is 13.2 Å². The Morgan fingerprint density at radius 3 is 0.924 bits per heavy atom. The van der Waals surface area contributed by atoms with E-state index in [0.29, 0.717) is 19.3 Å². The maximum absolute atomic E-state index is 12.8. The Morgan fingerprint density at radius 1 is 0.318 bits per heavy atom. The molecule has 376 valence electrons. The number of carbonyl (C=O) groups is 3. The van der Waals surface area contributed by atoms with Crippen molar-refractivity contribution in [1.82, 2.24) is 0 Å². The van der Waals surface area contributed by atoms with E-state index in [4.69, 9.17) is 14.2 Å². The molecular weight excluding hydrogens is 817 g/mol. The van der Waals surface area contributed by atoms with Crippen molar-refractivity contribution >= 4 is 17.9 Å². The Balaban J connectivity index is 4.38. The topological polar surface area (TPSA) is 78.9 Å². The van der Waals surface area contributed by atoms with Crippen LogP contribution in [0.15, 0.2) is 97.2 Å². The van der Waals surface area contributed by atoms with Crippen LogP contribution in [-0.2, 0) is 28.6 Å². The molecule has 0 aliphatic carbocycles. The van der Waals surface area contributed by atoms with E-state index in [1.807, 2.05) is 0 Å². The van der Waals surface area contributed by atoms with E-state index in [2.05, 4.69) is 118 Å². The highest BCUT2D eigenvalue weighted by Crippen LogP contribution is 2.14. The minimum Gasteiger partial charge on any atom is -0.462 e. The third-order valence-electron chi connectivity index (χ3n) is 11.3. The van der Waals surface area contributed by atoms with E-state index in [0.717, 1.165) is 135 Å². The average Bonchev–Trinajstić information content (AvgIpc) is 3.31. The Kier molecular flexibility index (Phi) is 50.9. The van der Waals surface area contributed by atoms with E-state index >= 15 is 0 Å². The molecule has 1 unspecified atom stereocenters. The Hall–Kier alpha value is -3.67. The van der Waals surface area contributed by atoms with Crippen LogP contribution in [0.5, 0.6) is 0 Å². The lowest BCUT2D eigenvalue weighted by atomic mass is 10.1. The van der Waals surface area contributed by atoms with Crippen LogP contribution in [-0.4, -0.2) is 37.2 Å². The fourth-order valence-electron chi connectivity index (χ4n) is 7.31. The fraction of sp³-hybridized carbons (Fsp3) is 0.683. The molecule has 0 saturated heterocycles. The minimum atomic E-state index is -0.790. The molecule has 0 bridgehead atoms. The molecule has 0 fully saturated rings. The van der Waals surface area contributed by atoms with E-state index in [9.17, 15) is 14.4 Å². The van der Waals surface area contributed by atoms with Gasteiger partial charge in [0.25, 0.3) is 0 Å². The maximum Gasteiger partial charge on any atom is 0.306 e. The van der Waals surface area contributed by atoms with Gasteiger partial charge >= 0.3 is 17.9 Å². The molecule has 6 heteroatoms. The molecule has 0 aromatic heterocycles. The first kappa shape index (κ1) is 62.3. The van der Waals surface area contributed by atoms with Crippen LogP contribution in [0.1, 0.15) is 245 Å². The van der Waals surface area contributed by atoms with Gasteiger partial charge in [-0.1, -0.05) is 227 Å². The quantitative estimate of drug-likeness (QED) is 0.0262. The second-order valence-electron chi connectivity index (χ2n) is 17.7. The minimum absolute atomic E-state index is 0.0873. The summed E-state index contributed by atoms with van der Waals surface area (Å²) in [5.74, 6) is -0.918. The Labute approximate surface area is 407 Å². The molecular formula is C60H100O6. The van der Waals surface area contributed by atoms with Gasteiger partial charge < -0.3 is 14.2 Å². The van der Waals surface area contributed by atoms with Gasteiger partial charge in [0, 0.05) is 19.3 Å². The molecule has 0 amide bonds. The van der Waals surface area contributed by atoms with Gasteiger partial charge in [-0.05, 0) is 96.3 Å². The second kappa shape index (κ2) is 53.9. The zero-order chi connectivity index (χ0) is 47.9. The van der Waals surface area contributed by atoms with Crippen molar-refractivity contribution in [2.75, 3.05) is 13.2 Å². The molecule has 0 N–H and O–H groups in total. The number of hydrogen-bond acceptors (Lipinski definition) is 6. The summed E-state index contributed by atoms with van der Waals surface area (Å²) in [6.07, 6.45) is 71.1. The first-order valence-electron chi connectivity index (χ1n) is 27.2. The average molecular weight is 917 g/mol. The van der Waals surface area contributed by atoms with Gasteiger partial charge in [-0.2, -0.15) is 0 Å². The summed E-state index contributed by atoms with van der Waals surface area (Å²) in [5.41, 5.74) is 0. The molecule has 6 nitrogen and oxygen atoms in total. The standard InChI is InChI=1S/C60H100O6/c1-4-7-10-13-16-19-22-24-26-28-29-30-31-33-34-36-38-41-44-47-50-53-59(62)65-56-57(55-64-58(61)52-49-46-43-40-21-18-15-12-9-6-3)66-60(63)54-51-48-45-42-39-37-35-32-27-25-23-20-17-14-11-8-5-2/h7-8,10-11,16-17,19-20,24-27,29-30,33-34,57H,4-6,9,12-15,18,21-23,28,31-32,35-56H2,1-3H3/b10-7-,11-8-,19-16-,20-17-,26-24-,27-25-,30-29-,34-33-. The molecule has 0 rings (SSSR count). The molecule has 66 heavy (non-hydrogen) atoms. The number of carbonyl (C=O) groups excluding carboxylic acids is 3. The lowest BCUT2D eigenvalue weighted by molar-refractivity contribution is -0.167. The van der Waals surface area contributed by atoms with Gasteiger partial charge in [-0.3, -0.25) is 14.4 Å². The summed E-state index contributed by atoms with van der Waals surface area (Å²) in [4.78, 5) is 38.0. The molecule has 0 aromatic carbocycles. The monoisotopic (exact) mass is 917 g/mol. The molecule has 0 aliphatic heterocycles. The van der Waals surface area contributed by atoms with E-state index in [-0.39, 0.29) is 31.1 Å². The van der Waals surface area contributed by atoms with Gasteiger partial charge in [0.05, 0.1) is 0 Å². The van der Waals surface area contributed by atoms with Crippen molar-refractivity contribution in [2.24, 2.45) is 0 Å². The molecule has 0 heterocycles. The summed E-state index contributed by atoms with van der Waals surface area (Å²) in [6, 6.07) is 0. The van der Waals surface area contributed by atoms with Gasteiger partial charge in [-0.15, -0.1) is 0 Å². The second-order valence-corrected chi connectivity index (χ2v) is 17.7. The molecule has 0 spiro atoms.